The molecule has 0 spiro atoms. The van der Waals surface area contributed by atoms with Crippen molar-refractivity contribution in [1.29, 1.82) is 0 Å². The molecule has 0 aromatic carbocycles. The van der Waals surface area contributed by atoms with Crippen molar-refractivity contribution >= 4 is 0 Å². The van der Waals surface area contributed by atoms with Crippen molar-refractivity contribution in [2.24, 2.45) is 16.6 Å². The number of aromatic nitrogens is 2. The number of nitrogens with zero attached hydrogens (tertiary/aromatic N) is 2. The molecule has 1 aliphatic rings. The first-order valence-electron chi connectivity index (χ1n) is 7.23. The van der Waals surface area contributed by atoms with Gasteiger partial charge in [0.05, 0.1) is 11.8 Å². The van der Waals surface area contributed by atoms with E-state index in [4.69, 9.17) is 5.73 Å². The molecule has 1 heterocycles. The van der Waals surface area contributed by atoms with Crippen LogP contribution in [0.2, 0.25) is 0 Å². The molecule has 1 fully saturated rings. The molecule has 3 N–H and O–H groups in total. The average Bonchev–Trinajstić information content (AvgIpc) is 2.89. The Balaban J connectivity index is 2.19. The van der Waals surface area contributed by atoms with Crippen LogP contribution in [0.1, 0.15) is 52.3 Å². The van der Waals surface area contributed by atoms with Gasteiger partial charge in [-0.1, -0.05) is 13.8 Å². The lowest BCUT2D eigenvalue weighted by molar-refractivity contribution is -0.00515. The van der Waals surface area contributed by atoms with E-state index in [9.17, 15) is 5.11 Å². The number of hydrogen-bond donors (Lipinski definition) is 2. The minimum atomic E-state index is -0.353. The van der Waals surface area contributed by atoms with E-state index in [0.29, 0.717) is 12.6 Å². The van der Waals surface area contributed by atoms with Gasteiger partial charge in [-0.05, 0) is 38.2 Å². The van der Waals surface area contributed by atoms with E-state index in [1.165, 1.54) is 0 Å². The van der Waals surface area contributed by atoms with Crippen molar-refractivity contribution in [3.8, 4) is 0 Å². The van der Waals surface area contributed by atoms with E-state index >= 15 is 0 Å². The highest BCUT2D eigenvalue weighted by atomic mass is 16.3. The van der Waals surface area contributed by atoms with Crippen LogP contribution in [0.5, 0.6) is 0 Å². The van der Waals surface area contributed by atoms with Crippen LogP contribution in [0.3, 0.4) is 0 Å². The Bertz CT molecular complexity index is 438. The topological polar surface area (TPSA) is 64.1 Å². The van der Waals surface area contributed by atoms with Gasteiger partial charge in [0.25, 0.3) is 0 Å². The Morgan fingerprint density at radius 3 is 2.58 bits per heavy atom. The maximum Gasteiger partial charge on any atom is 0.0663 e. The summed E-state index contributed by atoms with van der Waals surface area (Å²) in [7, 11) is 0. The first-order chi connectivity index (χ1) is 8.81. The molecule has 1 aromatic heterocycles. The quantitative estimate of drug-likeness (QED) is 0.876. The maximum atomic E-state index is 10.6. The molecule has 0 bridgehead atoms. The van der Waals surface area contributed by atoms with Gasteiger partial charge in [-0.3, -0.25) is 4.68 Å². The Morgan fingerprint density at radius 2 is 2.16 bits per heavy atom. The fraction of sp³-hybridized carbons (Fsp3) is 0.800. The van der Waals surface area contributed by atoms with E-state index in [-0.39, 0.29) is 16.9 Å². The van der Waals surface area contributed by atoms with Gasteiger partial charge in [-0.25, -0.2) is 0 Å². The summed E-state index contributed by atoms with van der Waals surface area (Å²) in [5, 5.41) is 15.2. The third-order valence-electron chi connectivity index (χ3n) is 4.72. The first kappa shape index (κ1) is 14.5. The normalized spacial score (nSPS) is 30.2. The van der Waals surface area contributed by atoms with Crippen LogP contribution in [0.25, 0.3) is 0 Å². The van der Waals surface area contributed by atoms with Crippen LogP contribution >= 0.6 is 0 Å². The van der Waals surface area contributed by atoms with Gasteiger partial charge in [-0.15, -0.1) is 0 Å². The SMILES string of the molecule is CC(C)n1ccc(CC2(CN)CCC(C)(C)C2O)n1. The standard InChI is InChI=1S/C15H27N3O/c1-11(2)18-8-5-12(17-18)9-15(10-16)7-6-14(3,4)13(15)19/h5,8,11,13,19H,6-7,9-10,16H2,1-4H3. The second-order valence-corrected chi connectivity index (χ2v) is 7.02. The molecule has 1 saturated carbocycles. The van der Waals surface area contributed by atoms with Gasteiger partial charge in [-0.2, -0.15) is 5.10 Å². The summed E-state index contributed by atoms with van der Waals surface area (Å²) in [6.45, 7) is 9.00. The fourth-order valence-electron chi connectivity index (χ4n) is 3.26. The summed E-state index contributed by atoms with van der Waals surface area (Å²) in [5.41, 5.74) is 6.79. The van der Waals surface area contributed by atoms with Crippen molar-refractivity contribution in [3.05, 3.63) is 18.0 Å². The van der Waals surface area contributed by atoms with Crippen LogP contribution in [0, 0.1) is 10.8 Å². The summed E-state index contributed by atoms with van der Waals surface area (Å²) in [6, 6.07) is 2.42. The Morgan fingerprint density at radius 1 is 1.47 bits per heavy atom. The minimum Gasteiger partial charge on any atom is -0.392 e. The number of rotatable bonds is 4. The molecule has 19 heavy (non-hydrogen) atoms. The second kappa shape index (κ2) is 4.91. The van der Waals surface area contributed by atoms with E-state index < -0.39 is 0 Å². The first-order valence-corrected chi connectivity index (χ1v) is 7.23. The number of aliphatic hydroxyl groups excluding tert-OH is 1. The lowest BCUT2D eigenvalue weighted by atomic mass is 9.75. The molecule has 2 atom stereocenters. The van der Waals surface area contributed by atoms with Crippen LogP contribution < -0.4 is 5.73 Å². The van der Waals surface area contributed by atoms with Gasteiger partial charge in [0.2, 0.25) is 0 Å². The number of hydrogen-bond acceptors (Lipinski definition) is 3. The van der Waals surface area contributed by atoms with Crippen molar-refractivity contribution in [1.82, 2.24) is 9.78 Å². The molecule has 1 aliphatic carbocycles. The van der Waals surface area contributed by atoms with E-state index in [2.05, 4.69) is 38.9 Å². The molecule has 4 heteroatoms. The van der Waals surface area contributed by atoms with Crippen LogP contribution in [0.15, 0.2) is 12.3 Å². The van der Waals surface area contributed by atoms with Crippen LogP contribution in [0.4, 0.5) is 0 Å². The maximum absolute atomic E-state index is 10.6. The van der Waals surface area contributed by atoms with Crippen molar-refractivity contribution < 1.29 is 5.11 Å². The molecule has 4 nitrogen and oxygen atoms in total. The van der Waals surface area contributed by atoms with E-state index in [1.54, 1.807) is 0 Å². The largest absolute Gasteiger partial charge is 0.392 e. The summed E-state index contributed by atoms with van der Waals surface area (Å²) in [4.78, 5) is 0. The third kappa shape index (κ3) is 2.56. The van der Waals surface area contributed by atoms with E-state index in [0.717, 1.165) is 25.0 Å². The van der Waals surface area contributed by atoms with Crippen molar-refractivity contribution in [3.63, 3.8) is 0 Å². The van der Waals surface area contributed by atoms with Gasteiger partial charge in [0.15, 0.2) is 0 Å². The molecule has 0 radical (unpaired) electrons. The lowest BCUT2D eigenvalue weighted by Gasteiger charge is -2.35. The zero-order valence-electron chi connectivity index (χ0n) is 12.6. The predicted molar refractivity (Wildman–Crippen MR) is 76.8 cm³/mol. The summed E-state index contributed by atoms with van der Waals surface area (Å²) >= 11 is 0. The zero-order valence-corrected chi connectivity index (χ0v) is 12.6. The summed E-state index contributed by atoms with van der Waals surface area (Å²) in [5.74, 6) is 0. The molecule has 2 rings (SSSR count). The zero-order chi connectivity index (χ0) is 14.3. The van der Waals surface area contributed by atoms with Gasteiger partial charge in [0, 0.05) is 30.6 Å². The van der Waals surface area contributed by atoms with Crippen molar-refractivity contribution in [2.45, 2.75) is 59.1 Å². The van der Waals surface area contributed by atoms with Crippen LogP contribution in [-0.2, 0) is 6.42 Å². The average molecular weight is 265 g/mol. The molecule has 0 aliphatic heterocycles. The molecule has 2 unspecified atom stereocenters. The molecule has 0 saturated heterocycles. The molecular formula is C15H27N3O. The summed E-state index contributed by atoms with van der Waals surface area (Å²) < 4.78 is 1.96. The van der Waals surface area contributed by atoms with Gasteiger partial charge < -0.3 is 10.8 Å². The molecule has 0 amide bonds. The minimum absolute atomic E-state index is 0.0417. The third-order valence-corrected chi connectivity index (χ3v) is 4.72. The van der Waals surface area contributed by atoms with Crippen molar-refractivity contribution in [2.75, 3.05) is 6.54 Å². The second-order valence-electron chi connectivity index (χ2n) is 7.02. The Kier molecular flexibility index (Phi) is 3.76. The lowest BCUT2D eigenvalue weighted by Crippen LogP contribution is -2.44. The molecular weight excluding hydrogens is 238 g/mol. The highest BCUT2D eigenvalue weighted by molar-refractivity contribution is 5.10. The smallest absolute Gasteiger partial charge is 0.0663 e. The highest BCUT2D eigenvalue weighted by Crippen LogP contribution is 2.50. The van der Waals surface area contributed by atoms with E-state index in [1.807, 2.05) is 10.9 Å². The van der Waals surface area contributed by atoms with Gasteiger partial charge in [0.1, 0.15) is 0 Å². The Labute approximate surface area is 116 Å². The fourth-order valence-corrected chi connectivity index (χ4v) is 3.26. The van der Waals surface area contributed by atoms with Gasteiger partial charge >= 0.3 is 0 Å². The summed E-state index contributed by atoms with van der Waals surface area (Å²) in [6.07, 6.45) is 4.43. The molecule has 108 valence electrons. The number of nitrogens with two attached hydrogens (primary N) is 1. The number of aliphatic hydroxyl groups is 1. The molecule has 1 aromatic rings. The predicted octanol–water partition coefficient (Wildman–Crippen LogP) is 2.13. The Hall–Kier alpha value is -0.870. The monoisotopic (exact) mass is 265 g/mol. The van der Waals surface area contributed by atoms with Crippen LogP contribution in [-0.4, -0.2) is 27.5 Å². The highest BCUT2D eigenvalue weighted by Gasteiger charge is 2.51.